The number of nitrogens with one attached hydrogen (secondary N) is 1. The number of aromatic nitrogens is 2. The molecule has 1 aliphatic heterocycles. The molecule has 0 spiro atoms. The van der Waals surface area contributed by atoms with Gasteiger partial charge >= 0.3 is 0 Å². The molecule has 1 aromatic carbocycles. The van der Waals surface area contributed by atoms with E-state index in [0.717, 1.165) is 31.7 Å². The number of benzene rings is 1. The summed E-state index contributed by atoms with van der Waals surface area (Å²) >= 11 is 12.2. The number of amides is 1. The monoisotopic (exact) mass is 350 g/mol. The molecular formula is C16H16Cl2N4O. The van der Waals surface area contributed by atoms with E-state index in [-0.39, 0.29) is 5.91 Å². The Morgan fingerprint density at radius 2 is 1.83 bits per heavy atom. The van der Waals surface area contributed by atoms with Gasteiger partial charge in [0.25, 0.3) is 5.91 Å². The van der Waals surface area contributed by atoms with Crippen molar-refractivity contribution in [3.63, 3.8) is 0 Å². The molecule has 1 saturated heterocycles. The van der Waals surface area contributed by atoms with Gasteiger partial charge in [0.1, 0.15) is 17.3 Å². The van der Waals surface area contributed by atoms with Crippen LogP contribution in [0.15, 0.2) is 24.3 Å². The molecule has 1 aromatic heterocycles. The third-order valence-corrected chi connectivity index (χ3v) is 4.32. The molecule has 0 radical (unpaired) electrons. The lowest BCUT2D eigenvalue weighted by Crippen LogP contribution is -2.22. The minimum atomic E-state index is -0.356. The van der Waals surface area contributed by atoms with E-state index in [1.807, 2.05) is 0 Å². The molecule has 0 bridgehead atoms. The molecule has 0 unspecified atom stereocenters. The molecule has 3 rings (SSSR count). The Bertz CT molecular complexity index is 725. The van der Waals surface area contributed by atoms with Crippen LogP contribution in [0.5, 0.6) is 0 Å². The van der Waals surface area contributed by atoms with Crippen molar-refractivity contribution in [3.8, 4) is 0 Å². The maximum atomic E-state index is 12.5. The maximum Gasteiger partial charge on any atom is 0.274 e. The molecule has 0 aliphatic carbocycles. The normalized spacial score (nSPS) is 14.1. The van der Waals surface area contributed by atoms with Gasteiger partial charge in [0.2, 0.25) is 0 Å². The quantitative estimate of drug-likeness (QED) is 0.910. The van der Waals surface area contributed by atoms with Crippen LogP contribution < -0.4 is 10.2 Å². The molecule has 2 aromatic rings. The summed E-state index contributed by atoms with van der Waals surface area (Å²) < 4.78 is 0. The number of aryl methyl sites for hydroxylation is 1. The molecule has 1 aliphatic rings. The molecule has 1 N–H and O–H groups in total. The minimum absolute atomic E-state index is 0.301. The number of hydrogen-bond donors (Lipinski definition) is 1. The molecule has 7 heteroatoms. The lowest BCUT2D eigenvalue weighted by atomic mass is 10.3. The number of anilines is 2. The van der Waals surface area contributed by atoms with Crippen LogP contribution in [0.2, 0.25) is 10.0 Å². The molecule has 0 atom stereocenters. The van der Waals surface area contributed by atoms with E-state index < -0.39 is 0 Å². The first-order valence-corrected chi connectivity index (χ1v) is 8.16. The van der Waals surface area contributed by atoms with Crippen LogP contribution in [0.1, 0.15) is 29.2 Å². The first-order chi connectivity index (χ1) is 11.0. The van der Waals surface area contributed by atoms with Gasteiger partial charge in [0, 0.05) is 19.2 Å². The average molecular weight is 351 g/mol. The van der Waals surface area contributed by atoms with E-state index >= 15 is 0 Å². The lowest BCUT2D eigenvalue weighted by molar-refractivity contribution is 0.102. The number of carbonyl (C=O) groups is 1. The number of rotatable bonds is 3. The van der Waals surface area contributed by atoms with Crippen molar-refractivity contribution in [2.45, 2.75) is 19.8 Å². The first kappa shape index (κ1) is 16.0. The Balaban J connectivity index is 1.87. The third kappa shape index (κ3) is 3.57. The van der Waals surface area contributed by atoms with Gasteiger partial charge in [0.15, 0.2) is 0 Å². The zero-order valence-electron chi connectivity index (χ0n) is 12.6. The van der Waals surface area contributed by atoms with E-state index in [4.69, 9.17) is 23.2 Å². The summed E-state index contributed by atoms with van der Waals surface area (Å²) in [6.07, 6.45) is 2.28. The van der Waals surface area contributed by atoms with Crippen LogP contribution in [0.3, 0.4) is 0 Å². The molecule has 0 saturated carbocycles. The fraction of sp³-hybridized carbons (Fsp3) is 0.312. The van der Waals surface area contributed by atoms with Crippen LogP contribution in [-0.2, 0) is 0 Å². The highest BCUT2D eigenvalue weighted by molar-refractivity contribution is 6.40. The predicted molar refractivity (Wildman–Crippen MR) is 92.6 cm³/mol. The Labute approximate surface area is 144 Å². The van der Waals surface area contributed by atoms with Crippen molar-refractivity contribution < 1.29 is 4.79 Å². The molecule has 23 heavy (non-hydrogen) atoms. The van der Waals surface area contributed by atoms with Crippen LogP contribution in [0.4, 0.5) is 11.5 Å². The smallest absolute Gasteiger partial charge is 0.274 e. The van der Waals surface area contributed by atoms with Crippen molar-refractivity contribution in [2.75, 3.05) is 23.3 Å². The fourth-order valence-electron chi connectivity index (χ4n) is 2.57. The Morgan fingerprint density at radius 3 is 2.48 bits per heavy atom. The van der Waals surface area contributed by atoms with Crippen LogP contribution in [0.25, 0.3) is 0 Å². The topological polar surface area (TPSA) is 58.1 Å². The first-order valence-electron chi connectivity index (χ1n) is 7.40. The highest BCUT2D eigenvalue weighted by atomic mass is 35.5. The van der Waals surface area contributed by atoms with Gasteiger partial charge in [-0.3, -0.25) is 4.79 Å². The summed E-state index contributed by atoms with van der Waals surface area (Å²) in [6.45, 7) is 3.68. The zero-order chi connectivity index (χ0) is 16.4. The number of nitrogens with zero attached hydrogens (tertiary/aromatic N) is 3. The minimum Gasteiger partial charge on any atom is -0.356 e. The summed E-state index contributed by atoms with van der Waals surface area (Å²) in [5.74, 6) is 0.987. The van der Waals surface area contributed by atoms with Crippen LogP contribution >= 0.6 is 23.2 Å². The second kappa shape index (κ2) is 6.72. The van der Waals surface area contributed by atoms with E-state index in [9.17, 15) is 4.79 Å². The van der Waals surface area contributed by atoms with Gasteiger partial charge in [-0.2, -0.15) is 0 Å². The molecule has 1 amide bonds. The molecule has 5 nitrogen and oxygen atoms in total. The molecule has 1 fully saturated rings. The number of para-hydroxylation sites is 1. The van der Waals surface area contributed by atoms with Crippen molar-refractivity contribution in [2.24, 2.45) is 0 Å². The summed E-state index contributed by atoms with van der Waals surface area (Å²) in [5, 5.41) is 3.50. The van der Waals surface area contributed by atoms with Gasteiger partial charge < -0.3 is 10.2 Å². The summed E-state index contributed by atoms with van der Waals surface area (Å²) in [4.78, 5) is 23.3. The second-order valence-corrected chi connectivity index (χ2v) is 6.22. The van der Waals surface area contributed by atoms with E-state index in [1.165, 1.54) is 0 Å². The maximum absolute atomic E-state index is 12.5. The van der Waals surface area contributed by atoms with Gasteiger partial charge in [0.05, 0.1) is 15.7 Å². The SMILES string of the molecule is Cc1nc(C(=O)Nc2c(Cl)cccc2Cl)cc(N2CCCC2)n1. The van der Waals surface area contributed by atoms with Crippen LogP contribution in [-0.4, -0.2) is 29.0 Å². The van der Waals surface area contributed by atoms with Gasteiger partial charge in [-0.25, -0.2) is 9.97 Å². The predicted octanol–water partition coefficient (Wildman–Crippen LogP) is 3.94. The number of hydrogen-bond acceptors (Lipinski definition) is 4. The van der Waals surface area contributed by atoms with Crippen molar-refractivity contribution in [3.05, 3.63) is 45.8 Å². The van der Waals surface area contributed by atoms with Crippen LogP contribution in [0, 0.1) is 6.92 Å². The van der Waals surface area contributed by atoms with Crippen molar-refractivity contribution in [1.82, 2.24) is 9.97 Å². The molecular weight excluding hydrogens is 335 g/mol. The van der Waals surface area contributed by atoms with Crippen molar-refractivity contribution in [1.29, 1.82) is 0 Å². The molecule has 120 valence electrons. The Hall–Kier alpha value is -1.85. The molecule has 2 heterocycles. The van der Waals surface area contributed by atoms with E-state index in [0.29, 0.717) is 27.3 Å². The average Bonchev–Trinajstić information content (AvgIpc) is 3.04. The van der Waals surface area contributed by atoms with E-state index in [1.54, 1.807) is 31.2 Å². The van der Waals surface area contributed by atoms with E-state index in [2.05, 4.69) is 20.2 Å². The lowest BCUT2D eigenvalue weighted by Gasteiger charge is -2.17. The standard InChI is InChI=1S/C16H16Cl2N4O/c1-10-19-13(9-14(20-10)22-7-2-3-8-22)16(23)21-15-11(17)5-4-6-12(15)18/h4-6,9H,2-3,7-8H2,1H3,(H,21,23). The fourth-order valence-corrected chi connectivity index (χ4v) is 3.06. The summed E-state index contributed by atoms with van der Waals surface area (Å²) in [7, 11) is 0. The van der Waals surface area contributed by atoms with Crippen molar-refractivity contribution >= 4 is 40.6 Å². The Morgan fingerprint density at radius 1 is 1.17 bits per heavy atom. The largest absolute Gasteiger partial charge is 0.356 e. The van der Waals surface area contributed by atoms with Gasteiger partial charge in [-0.05, 0) is 31.9 Å². The van der Waals surface area contributed by atoms with Gasteiger partial charge in [-0.1, -0.05) is 29.3 Å². The third-order valence-electron chi connectivity index (χ3n) is 3.69. The zero-order valence-corrected chi connectivity index (χ0v) is 14.2. The van der Waals surface area contributed by atoms with Gasteiger partial charge in [-0.15, -0.1) is 0 Å². The summed E-state index contributed by atoms with van der Waals surface area (Å²) in [5.41, 5.74) is 0.690. The highest BCUT2D eigenvalue weighted by Crippen LogP contribution is 2.30. The summed E-state index contributed by atoms with van der Waals surface area (Å²) in [6, 6.07) is 6.77. The Kier molecular flexibility index (Phi) is 4.68. The highest BCUT2D eigenvalue weighted by Gasteiger charge is 2.18. The number of carbonyl (C=O) groups excluding carboxylic acids is 1. The second-order valence-electron chi connectivity index (χ2n) is 5.40. The number of halogens is 2.